The number of piperidine rings is 1. The van der Waals surface area contributed by atoms with E-state index < -0.39 is 7.12 Å². The molecule has 1 fully saturated rings. The van der Waals surface area contributed by atoms with Gasteiger partial charge >= 0.3 is 7.12 Å². The normalized spacial score (nSPS) is 16.5. The van der Waals surface area contributed by atoms with E-state index >= 15 is 0 Å². The lowest BCUT2D eigenvalue weighted by Crippen LogP contribution is -2.45. The lowest BCUT2D eigenvalue weighted by atomic mass is 9.79. The number of carbonyl (C=O) groups excluding carboxylic acids is 1. The molecule has 1 aliphatic heterocycles. The van der Waals surface area contributed by atoms with Gasteiger partial charge in [-0.05, 0) is 43.4 Å². The second-order valence-corrected chi connectivity index (χ2v) is 5.94. The Morgan fingerprint density at radius 1 is 1.36 bits per heavy atom. The zero-order valence-corrected chi connectivity index (χ0v) is 13.2. The summed E-state index contributed by atoms with van der Waals surface area (Å²) >= 11 is 0. The number of hydrogen-bond acceptors (Lipinski definition) is 4. The van der Waals surface area contributed by atoms with E-state index in [-0.39, 0.29) is 11.9 Å². The molecule has 0 radical (unpaired) electrons. The second kappa shape index (κ2) is 8.32. The van der Waals surface area contributed by atoms with Gasteiger partial charge in [-0.2, -0.15) is 0 Å². The van der Waals surface area contributed by atoms with Crippen LogP contribution in [0.4, 0.5) is 0 Å². The van der Waals surface area contributed by atoms with Crippen molar-refractivity contribution in [2.75, 3.05) is 19.6 Å². The number of rotatable bonds is 6. The SMILES string of the molecule is CCCCN1CCC(NC(=O)c2cccc(B(O)O)c2)CC1. The molecule has 0 atom stereocenters. The predicted octanol–water partition coefficient (Wildman–Crippen LogP) is 0.361. The fourth-order valence-corrected chi connectivity index (χ4v) is 2.79. The average Bonchev–Trinajstić information content (AvgIpc) is 2.54. The van der Waals surface area contributed by atoms with Crippen molar-refractivity contribution in [2.45, 2.75) is 38.6 Å². The van der Waals surface area contributed by atoms with Crippen LogP contribution in [0.25, 0.3) is 0 Å². The van der Waals surface area contributed by atoms with Crippen LogP contribution in [0.15, 0.2) is 24.3 Å². The Morgan fingerprint density at radius 2 is 2.09 bits per heavy atom. The van der Waals surface area contributed by atoms with Crippen molar-refractivity contribution < 1.29 is 14.8 Å². The third-order valence-corrected chi connectivity index (χ3v) is 4.20. The van der Waals surface area contributed by atoms with Crippen LogP contribution in [0, 0.1) is 0 Å². The molecule has 1 aliphatic rings. The Bertz CT molecular complexity index is 488. The number of amides is 1. The monoisotopic (exact) mass is 304 g/mol. The fourth-order valence-electron chi connectivity index (χ4n) is 2.79. The first kappa shape index (κ1) is 17.0. The molecule has 6 heteroatoms. The summed E-state index contributed by atoms with van der Waals surface area (Å²) in [6.07, 6.45) is 4.38. The van der Waals surface area contributed by atoms with E-state index in [9.17, 15) is 4.79 Å². The number of likely N-dealkylation sites (tertiary alicyclic amines) is 1. The number of benzene rings is 1. The van der Waals surface area contributed by atoms with Crippen LogP contribution in [0.1, 0.15) is 43.0 Å². The van der Waals surface area contributed by atoms with E-state index in [4.69, 9.17) is 10.0 Å². The van der Waals surface area contributed by atoms with E-state index in [1.807, 2.05) is 0 Å². The van der Waals surface area contributed by atoms with Crippen molar-refractivity contribution in [1.82, 2.24) is 10.2 Å². The van der Waals surface area contributed by atoms with Crippen molar-refractivity contribution in [3.8, 4) is 0 Å². The first-order valence-corrected chi connectivity index (χ1v) is 8.09. The molecule has 2 rings (SSSR count). The molecule has 0 unspecified atom stereocenters. The molecule has 3 N–H and O–H groups in total. The van der Waals surface area contributed by atoms with Gasteiger partial charge in [-0.25, -0.2) is 0 Å². The Hall–Kier alpha value is -1.37. The summed E-state index contributed by atoms with van der Waals surface area (Å²) in [5.74, 6) is -0.144. The highest BCUT2D eigenvalue weighted by Gasteiger charge is 2.21. The number of unbranched alkanes of at least 4 members (excludes halogenated alkanes) is 1. The molecule has 1 aromatic rings. The molecule has 0 aromatic heterocycles. The van der Waals surface area contributed by atoms with Gasteiger partial charge in [0, 0.05) is 24.7 Å². The van der Waals surface area contributed by atoms with Crippen LogP contribution in [0.5, 0.6) is 0 Å². The third kappa shape index (κ3) is 4.83. The number of carbonyl (C=O) groups is 1. The standard InChI is InChI=1S/C16H25BN2O3/c1-2-3-9-19-10-7-15(8-11-19)18-16(20)13-5-4-6-14(12-13)17(21)22/h4-6,12,15,21-22H,2-3,7-11H2,1H3,(H,18,20). The average molecular weight is 304 g/mol. The van der Waals surface area contributed by atoms with Gasteiger partial charge in [0.05, 0.1) is 0 Å². The molecular formula is C16H25BN2O3. The number of nitrogens with zero attached hydrogens (tertiary/aromatic N) is 1. The number of hydrogen-bond donors (Lipinski definition) is 3. The van der Waals surface area contributed by atoms with E-state index in [0.717, 1.165) is 32.5 Å². The van der Waals surface area contributed by atoms with Gasteiger partial charge in [-0.3, -0.25) is 4.79 Å². The molecule has 1 aromatic carbocycles. The van der Waals surface area contributed by atoms with Gasteiger partial charge in [0.15, 0.2) is 0 Å². The predicted molar refractivity (Wildman–Crippen MR) is 88.1 cm³/mol. The Morgan fingerprint density at radius 3 is 2.73 bits per heavy atom. The third-order valence-electron chi connectivity index (χ3n) is 4.20. The van der Waals surface area contributed by atoms with Crippen LogP contribution in [-0.2, 0) is 0 Å². The van der Waals surface area contributed by atoms with Crippen molar-refractivity contribution in [1.29, 1.82) is 0 Å². The zero-order chi connectivity index (χ0) is 15.9. The number of nitrogens with one attached hydrogen (secondary N) is 1. The van der Waals surface area contributed by atoms with Crippen molar-refractivity contribution in [2.24, 2.45) is 0 Å². The molecular weight excluding hydrogens is 279 g/mol. The largest absolute Gasteiger partial charge is 0.488 e. The molecule has 120 valence electrons. The quantitative estimate of drug-likeness (QED) is 0.664. The highest BCUT2D eigenvalue weighted by molar-refractivity contribution is 6.58. The minimum absolute atomic E-state index is 0.144. The highest BCUT2D eigenvalue weighted by Crippen LogP contribution is 2.12. The smallest absolute Gasteiger partial charge is 0.423 e. The molecule has 0 aliphatic carbocycles. The van der Waals surface area contributed by atoms with Crippen molar-refractivity contribution >= 4 is 18.5 Å². The molecule has 1 saturated heterocycles. The van der Waals surface area contributed by atoms with Crippen LogP contribution < -0.4 is 10.8 Å². The Balaban J connectivity index is 1.84. The zero-order valence-electron chi connectivity index (χ0n) is 13.2. The fraction of sp³-hybridized carbons (Fsp3) is 0.562. The highest BCUT2D eigenvalue weighted by atomic mass is 16.4. The van der Waals surface area contributed by atoms with E-state index in [2.05, 4.69) is 17.1 Å². The van der Waals surface area contributed by atoms with E-state index in [0.29, 0.717) is 11.0 Å². The summed E-state index contributed by atoms with van der Waals surface area (Å²) in [5, 5.41) is 21.4. The van der Waals surface area contributed by atoms with Crippen LogP contribution in [0.2, 0.25) is 0 Å². The minimum Gasteiger partial charge on any atom is -0.423 e. The first-order chi connectivity index (χ1) is 10.6. The van der Waals surface area contributed by atoms with E-state index in [1.54, 1.807) is 18.2 Å². The van der Waals surface area contributed by atoms with E-state index in [1.165, 1.54) is 18.9 Å². The summed E-state index contributed by atoms with van der Waals surface area (Å²) in [4.78, 5) is 14.7. The lowest BCUT2D eigenvalue weighted by molar-refractivity contribution is 0.0911. The molecule has 22 heavy (non-hydrogen) atoms. The summed E-state index contributed by atoms with van der Waals surface area (Å²) < 4.78 is 0. The molecule has 0 spiro atoms. The van der Waals surface area contributed by atoms with Crippen LogP contribution in [0.3, 0.4) is 0 Å². The van der Waals surface area contributed by atoms with Crippen molar-refractivity contribution in [3.63, 3.8) is 0 Å². The maximum absolute atomic E-state index is 12.3. The van der Waals surface area contributed by atoms with Crippen LogP contribution >= 0.6 is 0 Å². The topological polar surface area (TPSA) is 72.8 Å². The molecule has 1 amide bonds. The minimum atomic E-state index is -1.55. The second-order valence-electron chi connectivity index (χ2n) is 5.94. The first-order valence-electron chi connectivity index (χ1n) is 8.09. The summed E-state index contributed by atoms with van der Waals surface area (Å²) in [6, 6.07) is 6.67. The summed E-state index contributed by atoms with van der Waals surface area (Å²) in [6.45, 7) is 5.40. The molecule has 0 bridgehead atoms. The maximum Gasteiger partial charge on any atom is 0.488 e. The van der Waals surface area contributed by atoms with Crippen molar-refractivity contribution in [3.05, 3.63) is 29.8 Å². The van der Waals surface area contributed by atoms with Gasteiger partial charge in [0.2, 0.25) is 0 Å². The molecule has 5 nitrogen and oxygen atoms in total. The maximum atomic E-state index is 12.3. The van der Waals surface area contributed by atoms with Gasteiger partial charge in [-0.1, -0.05) is 25.5 Å². The Kier molecular flexibility index (Phi) is 6.42. The molecule has 0 saturated carbocycles. The lowest BCUT2D eigenvalue weighted by Gasteiger charge is -2.32. The van der Waals surface area contributed by atoms with Gasteiger partial charge < -0.3 is 20.3 Å². The van der Waals surface area contributed by atoms with Gasteiger partial charge in [0.25, 0.3) is 5.91 Å². The van der Waals surface area contributed by atoms with Gasteiger partial charge in [0.1, 0.15) is 0 Å². The Labute approximate surface area is 132 Å². The summed E-state index contributed by atoms with van der Waals surface area (Å²) in [5.41, 5.74) is 0.807. The van der Waals surface area contributed by atoms with Crippen LogP contribution in [-0.4, -0.2) is 53.6 Å². The molecule has 1 heterocycles. The summed E-state index contributed by atoms with van der Waals surface area (Å²) in [7, 11) is -1.55. The van der Waals surface area contributed by atoms with Gasteiger partial charge in [-0.15, -0.1) is 0 Å².